The largest absolute Gasteiger partial charge is 0.452 e. The van der Waals surface area contributed by atoms with Gasteiger partial charge in [0, 0.05) is 16.7 Å². The molecule has 0 aliphatic rings. The van der Waals surface area contributed by atoms with Crippen molar-refractivity contribution in [3.8, 4) is 0 Å². The maximum atomic E-state index is 12.4. The molecule has 1 N–H and O–H groups in total. The minimum Gasteiger partial charge on any atom is -0.452 e. The van der Waals surface area contributed by atoms with Crippen molar-refractivity contribution in [3.05, 3.63) is 89.6 Å². The summed E-state index contributed by atoms with van der Waals surface area (Å²) in [6, 6.07) is 19.3. The molecule has 0 unspecified atom stereocenters. The van der Waals surface area contributed by atoms with Crippen LogP contribution in [-0.2, 0) is 9.53 Å². The highest BCUT2D eigenvalue weighted by molar-refractivity contribution is 7.99. The molecule has 1 aromatic heterocycles. The molecule has 6 nitrogen and oxygen atoms in total. The number of amides is 2. The number of nitrogens with zero attached hydrogens (tertiary/aromatic N) is 1. The summed E-state index contributed by atoms with van der Waals surface area (Å²) in [6.07, 6.45) is 1.58. The minimum atomic E-state index is -0.705. The SMILES string of the molecule is Cc1ccc(Sc2ncccc2C(=O)OCC(=O)NC(=O)c2ccccc2)cc1. The van der Waals surface area contributed by atoms with E-state index in [1.807, 2.05) is 31.2 Å². The van der Waals surface area contributed by atoms with E-state index in [4.69, 9.17) is 4.74 Å². The number of hydrogen-bond donors (Lipinski definition) is 1. The second-order valence-electron chi connectivity index (χ2n) is 6.09. The fraction of sp³-hybridized carbons (Fsp3) is 0.0909. The molecule has 0 atom stereocenters. The zero-order chi connectivity index (χ0) is 20.6. The predicted octanol–water partition coefficient (Wildman–Crippen LogP) is 3.65. The molecule has 2 aromatic carbocycles. The number of aryl methyl sites for hydroxylation is 1. The number of carbonyl (C=O) groups excluding carboxylic acids is 3. The van der Waals surface area contributed by atoms with Gasteiger partial charge >= 0.3 is 5.97 Å². The van der Waals surface area contributed by atoms with Gasteiger partial charge in [0.05, 0.1) is 5.56 Å². The number of carbonyl (C=O) groups is 3. The number of hydrogen-bond acceptors (Lipinski definition) is 6. The van der Waals surface area contributed by atoms with E-state index in [1.54, 1.807) is 48.7 Å². The van der Waals surface area contributed by atoms with Crippen LogP contribution in [0.4, 0.5) is 0 Å². The van der Waals surface area contributed by atoms with Gasteiger partial charge in [-0.25, -0.2) is 9.78 Å². The molecule has 3 aromatic rings. The molecule has 7 heteroatoms. The summed E-state index contributed by atoms with van der Waals surface area (Å²) in [5.41, 5.74) is 1.72. The maximum absolute atomic E-state index is 12.4. The Balaban J connectivity index is 1.60. The van der Waals surface area contributed by atoms with Gasteiger partial charge in [-0.15, -0.1) is 0 Å². The van der Waals surface area contributed by atoms with E-state index in [1.165, 1.54) is 11.8 Å². The van der Waals surface area contributed by atoms with Crippen LogP contribution < -0.4 is 5.32 Å². The summed E-state index contributed by atoms with van der Waals surface area (Å²) in [5.74, 6) is -1.94. The van der Waals surface area contributed by atoms with Crippen LogP contribution in [0.25, 0.3) is 0 Å². The van der Waals surface area contributed by atoms with Gasteiger partial charge in [0.15, 0.2) is 6.61 Å². The van der Waals surface area contributed by atoms with Gasteiger partial charge in [-0.1, -0.05) is 47.7 Å². The van der Waals surface area contributed by atoms with Crippen LogP contribution in [0.15, 0.2) is 82.8 Å². The minimum absolute atomic E-state index is 0.250. The van der Waals surface area contributed by atoms with Gasteiger partial charge < -0.3 is 4.74 Å². The second kappa shape index (κ2) is 9.66. The van der Waals surface area contributed by atoms with E-state index in [-0.39, 0.29) is 5.56 Å². The van der Waals surface area contributed by atoms with E-state index in [0.29, 0.717) is 10.6 Å². The normalized spacial score (nSPS) is 10.2. The Morgan fingerprint density at radius 1 is 0.966 bits per heavy atom. The van der Waals surface area contributed by atoms with Crippen LogP contribution >= 0.6 is 11.8 Å². The molecule has 0 radical (unpaired) electrons. The molecule has 0 bridgehead atoms. The van der Waals surface area contributed by atoms with Gasteiger partial charge in [-0.05, 0) is 43.3 Å². The molecule has 0 saturated heterocycles. The Labute approximate surface area is 172 Å². The highest BCUT2D eigenvalue weighted by atomic mass is 32.2. The summed E-state index contributed by atoms with van der Waals surface area (Å²) >= 11 is 1.33. The van der Waals surface area contributed by atoms with Gasteiger partial charge in [-0.3, -0.25) is 14.9 Å². The highest BCUT2D eigenvalue weighted by Gasteiger charge is 2.17. The van der Waals surface area contributed by atoms with Crippen molar-refractivity contribution in [3.63, 3.8) is 0 Å². The average molecular weight is 406 g/mol. The van der Waals surface area contributed by atoms with Crippen LogP contribution in [0, 0.1) is 6.92 Å². The van der Waals surface area contributed by atoms with Crippen LogP contribution in [0.2, 0.25) is 0 Å². The molecule has 2 amide bonds. The monoisotopic (exact) mass is 406 g/mol. The van der Waals surface area contributed by atoms with Crippen LogP contribution in [0.3, 0.4) is 0 Å². The molecule has 146 valence electrons. The third kappa shape index (κ3) is 5.76. The number of benzene rings is 2. The molecule has 0 fully saturated rings. The summed E-state index contributed by atoms with van der Waals surface area (Å²) < 4.78 is 5.07. The Bertz CT molecular complexity index is 1020. The van der Waals surface area contributed by atoms with Crippen molar-refractivity contribution >= 4 is 29.5 Å². The Hall–Kier alpha value is -3.45. The Morgan fingerprint density at radius 2 is 1.69 bits per heavy atom. The topological polar surface area (TPSA) is 85.4 Å². The lowest BCUT2D eigenvalue weighted by Crippen LogP contribution is -2.34. The van der Waals surface area contributed by atoms with E-state index in [2.05, 4.69) is 10.3 Å². The van der Waals surface area contributed by atoms with Crippen LogP contribution in [0.1, 0.15) is 26.3 Å². The number of aromatic nitrogens is 1. The molecular formula is C22H18N2O4S. The molecule has 0 aliphatic heterocycles. The third-order valence-corrected chi connectivity index (χ3v) is 4.88. The average Bonchev–Trinajstić information content (AvgIpc) is 2.74. The third-order valence-electron chi connectivity index (χ3n) is 3.85. The lowest BCUT2D eigenvalue weighted by atomic mass is 10.2. The van der Waals surface area contributed by atoms with E-state index < -0.39 is 24.4 Å². The number of imide groups is 1. The van der Waals surface area contributed by atoms with Crippen molar-refractivity contribution in [1.82, 2.24) is 10.3 Å². The van der Waals surface area contributed by atoms with Crippen molar-refractivity contribution in [2.75, 3.05) is 6.61 Å². The number of pyridine rings is 1. The summed E-state index contributed by atoms with van der Waals surface area (Å²) in [4.78, 5) is 41.5. The highest BCUT2D eigenvalue weighted by Crippen LogP contribution is 2.29. The van der Waals surface area contributed by atoms with E-state index in [0.717, 1.165) is 10.5 Å². The zero-order valence-electron chi connectivity index (χ0n) is 15.6. The predicted molar refractivity (Wildman–Crippen MR) is 109 cm³/mol. The molecule has 3 rings (SSSR count). The maximum Gasteiger partial charge on any atom is 0.341 e. The van der Waals surface area contributed by atoms with Crippen molar-refractivity contribution in [2.24, 2.45) is 0 Å². The van der Waals surface area contributed by atoms with E-state index >= 15 is 0 Å². The van der Waals surface area contributed by atoms with Crippen molar-refractivity contribution in [1.29, 1.82) is 0 Å². The van der Waals surface area contributed by atoms with Crippen molar-refractivity contribution in [2.45, 2.75) is 16.8 Å². The lowest BCUT2D eigenvalue weighted by molar-refractivity contribution is -0.123. The van der Waals surface area contributed by atoms with Crippen LogP contribution in [0.5, 0.6) is 0 Å². The quantitative estimate of drug-likeness (QED) is 0.629. The van der Waals surface area contributed by atoms with Gasteiger partial charge in [-0.2, -0.15) is 0 Å². The summed E-state index contributed by atoms with van der Waals surface area (Å²) in [7, 11) is 0. The van der Waals surface area contributed by atoms with Gasteiger partial charge in [0.1, 0.15) is 5.03 Å². The van der Waals surface area contributed by atoms with Gasteiger partial charge in [0.25, 0.3) is 11.8 Å². The number of rotatable bonds is 6. The summed E-state index contributed by atoms with van der Waals surface area (Å²) in [5, 5.41) is 2.66. The standard InChI is InChI=1S/C22H18N2O4S/c1-15-9-11-17(12-10-15)29-21-18(8-5-13-23-21)22(27)28-14-19(25)24-20(26)16-6-3-2-4-7-16/h2-13H,14H2,1H3,(H,24,25,26). The zero-order valence-corrected chi connectivity index (χ0v) is 16.4. The first-order chi connectivity index (χ1) is 14.0. The second-order valence-corrected chi connectivity index (χ2v) is 7.15. The first-order valence-electron chi connectivity index (χ1n) is 8.79. The molecule has 1 heterocycles. The fourth-order valence-electron chi connectivity index (χ4n) is 2.38. The van der Waals surface area contributed by atoms with Gasteiger partial charge in [0.2, 0.25) is 0 Å². The molecule has 0 aliphatic carbocycles. The molecular weight excluding hydrogens is 388 g/mol. The smallest absolute Gasteiger partial charge is 0.341 e. The first kappa shape index (κ1) is 20.3. The van der Waals surface area contributed by atoms with Crippen LogP contribution in [-0.4, -0.2) is 29.4 Å². The lowest BCUT2D eigenvalue weighted by Gasteiger charge is -2.09. The van der Waals surface area contributed by atoms with Crippen molar-refractivity contribution < 1.29 is 19.1 Å². The first-order valence-corrected chi connectivity index (χ1v) is 9.60. The fourth-order valence-corrected chi connectivity index (χ4v) is 3.25. The number of nitrogens with one attached hydrogen (secondary N) is 1. The Kier molecular flexibility index (Phi) is 6.76. The molecule has 0 saturated carbocycles. The van der Waals surface area contributed by atoms with E-state index in [9.17, 15) is 14.4 Å². The Morgan fingerprint density at radius 3 is 2.41 bits per heavy atom. The number of esters is 1. The number of ether oxygens (including phenoxy) is 1. The molecule has 29 heavy (non-hydrogen) atoms. The molecule has 0 spiro atoms. The summed E-state index contributed by atoms with van der Waals surface area (Å²) in [6.45, 7) is 1.42.